The van der Waals surface area contributed by atoms with E-state index in [4.69, 9.17) is 4.74 Å². The lowest BCUT2D eigenvalue weighted by Crippen LogP contribution is -2.37. The Labute approximate surface area is 137 Å². The molecule has 1 heterocycles. The van der Waals surface area contributed by atoms with Crippen LogP contribution in [0.15, 0.2) is 53.5 Å². The first-order chi connectivity index (χ1) is 11.2. The van der Waals surface area contributed by atoms with Crippen LogP contribution in [0.5, 0.6) is 5.75 Å². The van der Waals surface area contributed by atoms with Gasteiger partial charge in [-0.25, -0.2) is 0 Å². The summed E-state index contributed by atoms with van der Waals surface area (Å²) in [6, 6.07) is 16.8. The Morgan fingerprint density at radius 1 is 1.04 bits per heavy atom. The van der Waals surface area contributed by atoms with E-state index in [0.717, 1.165) is 37.9 Å². The van der Waals surface area contributed by atoms with Gasteiger partial charge in [-0.3, -0.25) is 4.99 Å². The number of nitrogens with one attached hydrogen (secondary N) is 1. The minimum absolute atomic E-state index is 0.804. The van der Waals surface area contributed by atoms with E-state index in [1.165, 1.54) is 16.7 Å². The molecule has 120 valence electrons. The number of nitrogens with zero attached hydrogens (tertiary/aromatic N) is 2. The van der Waals surface area contributed by atoms with E-state index >= 15 is 0 Å². The molecule has 0 aromatic heterocycles. The standard InChI is InChI=1S/C19H23N3O/c1-15-3-5-16(6-4-15)13-21-19-20-11-12-22(19)14-17-7-9-18(23-2)10-8-17/h3-10H,11-14H2,1-2H3,(H,20,21). The zero-order valence-electron chi connectivity index (χ0n) is 13.7. The van der Waals surface area contributed by atoms with Gasteiger partial charge in [0.25, 0.3) is 0 Å². The zero-order chi connectivity index (χ0) is 16.1. The van der Waals surface area contributed by atoms with E-state index in [-0.39, 0.29) is 0 Å². The molecule has 1 N–H and O–H groups in total. The van der Waals surface area contributed by atoms with E-state index in [1.54, 1.807) is 7.11 Å². The number of guanidine groups is 1. The number of aryl methyl sites for hydroxylation is 1. The summed E-state index contributed by atoms with van der Waals surface area (Å²) in [5.74, 6) is 1.88. The molecule has 0 unspecified atom stereocenters. The van der Waals surface area contributed by atoms with Crippen molar-refractivity contribution in [1.29, 1.82) is 0 Å². The summed E-state index contributed by atoms with van der Waals surface area (Å²) in [4.78, 5) is 6.87. The van der Waals surface area contributed by atoms with Crippen LogP contribution in [0.2, 0.25) is 0 Å². The van der Waals surface area contributed by atoms with Crippen molar-refractivity contribution in [2.75, 3.05) is 20.2 Å². The fourth-order valence-corrected chi connectivity index (χ4v) is 2.64. The normalized spacial score (nSPS) is 13.8. The van der Waals surface area contributed by atoms with E-state index in [9.17, 15) is 0 Å². The molecule has 0 fully saturated rings. The third kappa shape index (κ3) is 4.03. The predicted molar refractivity (Wildman–Crippen MR) is 93.7 cm³/mol. The van der Waals surface area contributed by atoms with Crippen LogP contribution in [0.3, 0.4) is 0 Å². The van der Waals surface area contributed by atoms with Gasteiger partial charge in [0.05, 0.1) is 13.7 Å². The predicted octanol–water partition coefficient (Wildman–Crippen LogP) is 2.97. The quantitative estimate of drug-likeness (QED) is 0.922. The van der Waals surface area contributed by atoms with Crippen LogP contribution in [-0.2, 0) is 13.1 Å². The van der Waals surface area contributed by atoms with Crippen LogP contribution < -0.4 is 10.1 Å². The molecular formula is C19H23N3O. The summed E-state index contributed by atoms with van der Waals surface area (Å²) in [6.07, 6.45) is 0. The average Bonchev–Trinajstić information content (AvgIpc) is 3.02. The maximum atomic E-state index is 5.21. The van der Waals surface area contributed by atoms with E-state index in [0.29, 0.717) is 0 Å². The van der Waals surface area contributed by atoms with Crippen LogP contribution in [0.1, 0.15) is 16.7 Å². The lowest BCUT2D eigenvalue weighted by Gasteiger charge is -2.21. The molecule has 1 aliphatic rings. The average molecular weight is 309 g/mol. The number of aliphatic imine (C=N–C) groups is 1. The van der Waals surface area contributed by atoms with Crippen molar-refractivity contribution in [1.82, 2.24) is 10.2 Å². The summed E-state index contributed by atoms with van der Waals surface area (Å²) in [7, 11) is 1.69. The molecule has 4 heteroatoms. The zero-order valence-corrected chi connectivity index (χ0v) is 13.7. The van der Waals surface area contributed by atoms with Crippen molar-refractivity contribution < 1.29 is 4.74 Å². The Morgan fingerprint density at radius 3 is 2.43 bits per heavy atom. The minimum atomic E-state index is 0.804. The van der Waals surface area contributed by atoms with Crippen LogP contribution >= 0.6 is 0 Å². The van der Waals surface area contributed by atoms with Gasteiger partial charge in [0.1, 0.15) is 5.75 Å². The molecule has 0 saturated carbocycles. The Kier molecular flexibility index (Phi) is 4.81. The van der Waals surface area contributed by atoms with Gasteiger partial charge < -0.3 is 15.0 Å². The molecular weight excluding hydrogens is 286 g/mol. The van der Waals surface area contributed by atoms with Crippen LogP contribution in [0.4, 0.5) is 0 Å². The van der Waals surface area contributed by atoms with Crippen LogP contribution in [-0.4, -0.2) is 31.1 Å². The van der Waals surface area contributed by atoms with Crippen LogP contribution in [0, 0.1) is 6.92 Å². The molecule has 1 aliphatic heterocycles. The molecule has 2 aromatic carbocycles. The number of rotatable bonds is 5. The van der Waals surface area contributed by atoms with Gasteiger partial charge in [-0.1, -0.05) is 42.0 Å². The van der Waals surface area contributed by atoms with Crippen LogP contribution in [0.25, 0.3) is 0 Å². The van der Waals surface area contributed by atoms with Crippen molar-refractivity contribution in [3.05, 3.63) is 65.2 Å². The van der Waals surface area contributed by atoms with Crippen molar-refractivity contribution in [2.24, 2.45) is 4.99 Å². The fourth-order valence-electron chi connectivity index (χ4n) is 2.64. The minimum Gasteiger partial charge on any atom is -0.497 e. The number of ether oxygens (including phenoxy) is 1. The Balaban J connectivity index is 1.57. The molecule has 4 nitrogen and oxygen atoms in total. The third-order valence-electron chi connectivity index (χ3n) is 4.03. The maximum absolute atomic E-state index is 5.21. The summed E-state index contributed by atoms with van der Waals surface area (Å²) in [5.41, 5.74) is 3.82. The summed E-state index contributed by atoms with van der Waals surface area (Å²) >= 11 is 0. The van der Waals surface area contributed by atoms with Gasteiger partial charge >= 0.3 is 0 Å². The van der Waals surface area contributed by atoms with Gasteiger partial charge in [0, 0.05) is 19.6 Å². The molecule has 0 amide bonds. The second-order valence-corrected chi connectivity index (χ2v) is 5.81. The Hall–Kier alpha value is -2.49. The number of hydrogen-bond acceptors (Lipinski definition) is 4. The van der Waals surface area contributed by atoms with Gasteiger partial charge in [-0.2, -0.15) is 0 Å². The lowest BCUT2D eigenvalue weighted by atomic mass is 10.1. The first kappa shape index (κ1) is 15.4. The van der Waals surface area contributed by atoms with Crippen molar-refractivity contribution >= 4 is 5.96 Å². The maximum Gasteiger partial charge on any atom is 0.194 e. The Bertz CT molecular complexity index is 662. The SMILES string of the molecule is COc1ccc(CN2CCN=C2NCc2ccc(C)cc2)cc1. The highest BCUT2D eigenvalue weighted by molar-refractivity contribution is 5.81. The number of hydrogen-bond donors (Lipinski definition) is 1. The lowest BCUT2D eigenvalue weighted by molar-refractivity contribution is 0.413. The molecule has 2 aromatic rings. The monoisotopic (exact) mass is 309 g/mol. The summed E-state index contributed by atoms with van der Waals surface area (Å²) in [6.45, 7) is 5.59. The van der Waals surface area contributed by atoms with Crippen molar-refractivity contribution in [3.8, 4) is 5.75 Å². The molecule has 23 heavy (non-hydrogen) atoms. The highest BCUT2D eigenvalue weighted by atomic mass is 16.5. The van der Waals surface area contributed by atoms with Gasteiger partial charge in [0.2, 0.25) is 0 Å². The smallest absolute Gasteiger partial charge is 0.194 e. The molecule has 0 aliphatic carbocycles. The first-order valence-electron chi connectivity index (χ1n) is 7.96. The van der Waals surface area contributed by atoms with Crippen molar-refractivity contribution in [2.45, 2.75) is 20.0 Å². The molecule has 0 saturated heterocycles. The topological polar surface area (TPSA) is 36.9 Å². The Morgan fingerprint density at radius 2 is 1.74 bits per heavy atom. The second-order valence-electron chi connectivity index (χ2n) is 5.81. The van der Waals surface area contributed by atoms with Gasteiger partial charge in [-0.15, -0.1) is 0 Å². The first-order valence-corrected chi connectivity index (χ1v) is 7.96. The number of methoxy groups -OCH3 is 1. The molecule has 0 bridgehead atoms. The molecule has 0 radical (unpaired) electrons. The fraction of sp³-hybridized carbons (Fsp3) is 0.316. The highest BCUT2D eigenvalue weighted by Gasteiger charge is 2.16. The largest absolute Gasteiger partial charge is 0.497 e. The molecule has 0 atom stereocenters. The third-order valence-corrected chi connectivity index (χ3v) is 4.03. The second kappa shape index (κ2) is 7.18. The summed E-state index contributed by atoms with van der Waals surface area (Å²) in [5, 5.41) is 3.46. The van der Waals surface area contributed by atoms with Crippen molar-refractivity contribution in [3.63, 3.8) is 0 Å². The molecule has 0 spiro atoms. The van der Waals surface area contributed by atoms with Gasteiger partial charge in [0.15, 0.2) is 5.96 Å². The van der Waals surface area contributed by atoms with Gasteiger partial charge in [-0.05, 0) is 30.2 Å². The van der Waals surface area contributed by atoms with E-state index in [1.807, 2.05) is 12.1 Å². The highest BCUT2D eigenvalue weighted by Crippen LogP contribution is 2.14. The van der Waals surface area contributed by atoms with E-state index < -0.39 is 0 Å². The molecule has 3 rings (SSSR count). The van der Waals surface area contributed by atoms with E-state index in [2.05, 4.69) is 58.5 Å². The number of benzene rings is 2. The summed E-state index contributed by atoms with van der Waals surface area (Å²) < 4.78 is 5.21.